The summed E-state index contributed by atoms with van der Waals surface area (Å²) in [5, 5.41) is 3.61. The zero-order chi connectivity index (χ0) is 13.1. The van der Waals surface area contributed by atoms with Crippen molar-refractivity contribution in [2.75, 3.05) is 20.6 Å². The lowest BCUT2D eigenvalue weighted by atomic mass is 9.92. The zero-order valence-electron chi connectivity index (χ0n) is 12.0. The van der Waals surface area contributed by atoms with Gasteiger partial charge in [0.15, 0.2) is 0 Å². The second kappa shape index (κ2) is 5.65. The Hall–Kier alpha value is -0.870. The van der Waals surface area contributed by atoms with Gasteiger partial charge in [0, 0.05) is 25.0 Å². The van der Waals surface area contributed by atoms with Crippen molar-refractivity contribution in [1.82, 2.24) is 19.8 Å². The number of nitrogens with zero attached hydrogens (tertiary/aromatic N) is 3. The van der Waals surface area contributed by atoms with Crippen LogP contribution in [0.5, 0.6) is 0 Å². The molecule has 1 aromatic heterocycles. The van der Waals surface area contributed by atoms with E-state index in [9.17, 15) is 0 Å². The third kappa shape index (κ3) is 3.07. The van der Waals surface area contributed by atoms with Crippen LogP contribution in [0.1, 0.15) is 39.1 Å². The average molecular weight is 238 g/mol. The van der Waals surface area contributed by atoms with Gasteiger partial charge in [0.05, 0.1) is 6.04 Å². The first kappa shape index (κ1) is 14.2. The van der Waals surface area contributed by atoms with E-state index in [1.165, 1.54) is 0 Å². The Balaban J connectivity index is 3.00. The standard InChI is InChI=1S/C13H26N4/c1-7-8-14-11(13(2,3)16(4)5)12-15-9-10-17(12)6/h9-11,14H,7-8H2,1-6H3. The molecule has 1 aromatic rings. The Morgan fingerprint density at radius 1 is 1.47 bits per heavy atom. The minimum atomic E-state index is 0.0221. The maximum absolute atomic E-state index is 4.49. The summed E-state index contributed by atoms with van der Waals surface area (Å²) in [6, 6.07) is 0.234. The molecule has 0 spiro atoms. The molecular weight excluding hydrogens is 212 g/mol. The summed E-state index contributed by atoms with van der Waals surface area (Å²) in [5.74, 6) is 1.09. The van der Waals surface area contributed by atoms with Crippen LogP contribution in [0.15, 0.2) is 12.4 Å². The molecule has 17 heavy (non-hydrogen) atoms. The van der Waals surface area contributed by atoms with Crippen molar-refractivity contribution in [3.8, 4) is 0 Å². The van der Waals surface area contributed by atoms with E-state index in [0.29, 0.717) is 0 Å². The molecule has 98 valence electrons. The van der Waals surface area contributed by atoms with Crippen molar-refractivity contribution in [2.24, 2.45) is 7.05 Å². The van der Waals surface area contributed by atoms with Gasteiger partial charge in [0.25, 0.3) is 0 Å². The molecule has 4 heteroatoms. The third-order valence-electron chi connectivity index (χ3n) is 3.57. The molecule has 0 fully saturated rings. The molecule has 0 aromatic carbocycles. The number of rotatable bonds is 6. The zero-order valence-corrected chi connectivity index (χ0v) is 12.0. The molecule has 0 saturated carbocycles. The first-order valence-electron chi connectivity index (χ1n) is 6.29. The monoisotopic (exact) mass is 238 g/mol. The summed E-state index contributed by atoms with van der Waals surface area (Å²) >= 11 is 0. The van der Waals surface area contributed by atoms with Gasteiger partial charge in [-0.05, 0) is 40.9 Å². The van der Waals surface area contributed by atoms with Gasteiger partial charge in [0.2, 0.25) is 0 Å². The van der Waals surface area contributed by atoms with Crippen LogP contribution in [-0.4, -0.2) is 40.6 Å². The molecule has 1 N–H and O–H groups in total. The smallest absolute Gasteiger partial charge is 0.127 e. The third-order valence-corrected chi connectivity index (χ3v) is 3.57. The van der Waals surface area contributed by atoms with Gasteiger partial charge in [-0.2, -0.15) is 0 Å². The van der Waals surface area contributed by atoms with E-state index >= 15 is 0 Å². The summed E-state index contributed by atoms with van der Waals surface area (Å²) < 4.78 is 2.10. The van der Waals surface area contributed by atoms with Crippen LogP contribution in [0.4, 0.5) is 0 Å². The Bertz CT molecular complexity index is 341. The summed E-state index contributed by atoms with van der Waals surface area (Å²) in [5.41, 5.74) is 0.0221. The highest BCUT2D eigenvalue weighted by molar-refractivity contribution is 5.07. The van der Waals surface area contributed by atoms with Crippen molar-refractivity contribution in [1.29, 1.82) is 0 Å². The first-order chi connectivity index (χ1) is 7.91. The van der Waals surface area contributed by atoms with Crippen LogP contribution in [0.25, 0.3) is 0 Å². The van der Waals surface area contributed by atoms with Gasteiger partial charge < -0.3 is 14.8 Å². The number of imidazole rings is 1. The lowest BCUT2D eigenvalue weighted by molar-refractivity contribution is 0.131. The van der Waals surface area contributed by atoms with E-state index in [1.54, 1.807) is 0 Å². The summed E-state index contributed by atoms with van der Waals surface area (Å²) in [4.78, 5) is 6.74. The fourth-order valence-corrected chi connectivity index (χ4v) is 1.86. The minimum Gasteiger partial charge on any atom is -0.337 e. The second-order valence-electron chi connectivity index (χ2n) is 5.33. The minimum absolute atomic E-state index is 0.0221. The summed E-state index contributed by atoms with van der Waals surface area (Å²) in [6.45, 7) is 7.68. The van der Waals surface area contributed by atoms with Gasteiger partial charge in [-0.3, -0.25) is 0 Å². The normalized spacial score (nSPS) is 14.3. The van der Waals surface area contributed by atoms with Crippen LogP contribution >= 0.6 is 0 Å². The molecule has 0 saturated heterocycles. The molecule has 0 aliphatic heterocycles. The number of aryl methyl sites for hydroxylation is 1. The molecule has 1 heterocycles. The molecule has 0 radical (unpaired) electrons. The number of hydrogen-bond donors (Lipinski definition) is 1. The van der Waals surface area contributed by atoms with E-state index in [1.807, 2.05) is 12.4 Å². The Labute approximate surface area is 105 Å². The van der Waals surface area contributed by atoms with Gasteiger partial charge in [0.1, 0.15) is 5.82 Å². The van der Waals surface area contributed by atoms with Crippen molar-refractivity contribution in [3.63, 3.8) is 0 Å². The van der Waals surface area contributed by atoms with E-state index in [0.717, 1.165) is 18.8 Å². The van der Waals surface area contributed by atoms with Gasteiger partial charge >= 0.3 is 0 Å². The Morgan fingerprint density at radius 2 is 2.12 bits per heavy atom. The van der Waals surface area contributed by atoms with E-state index in [2.05, 4.69) is 61.7 Å². The van der Waals surface area contributed by atoms with Gasteiger partial charge in [-0.25, -0.2) is 4.98 Å². The van der Waals surface area contributed by atoms with Crippen molar-refractivity contribution < 1.29 is 0 Å². The van der Waals surface area contributed by atoms with Crippen molar-refractivity contribution in [2.45, 2.75) is 38.8 Å². The quantitative estimate of drug-likeness (QED) is 0.820. The SMILES string of the molecule is CCCNC(c1nccn1C)C(C)(C)N(C)C. The molecule has 0 aliphatic carbocycles. The molecule has 1 rings (SSSR count). The highest BCUT2D eigenvalue weighted by atomic mass is 15.2. The maximum atomic E-state index is 4.49. The molecule has 1 atom stereocenters. The lowest BCUT2D eigenvalue weighted by Gasteiger charge is -2.40. The molecule has 0 amide bonds. The van der Waals surface area contributed by atoms with Crippen molar-refractivity contribution >= 4 is 0 Å². The van der Waals surface area contributed by atoms with E-state index < -0.39 is 0 Å². The predicted octanol–water partition coefficient (Wildman–Crippen LogP) is 1.80. The van der Waals surface area contributed by atoms with Crippen LogP contribution < -0.4 is 5.32 Å². The number of nitrogens with one attached hydrogen (secondary N) is 1. The van der Waals surface area contributed by atoms with Crippen molar-refractivity contribution in [3.05, 3.63) is 18.2 Å². The maximum Gasteiger partial charge on any atom is 0.127 e. The highest BCUT2D eigenvalue weighted by Gasteiger charge is 2.34. The Kier molecular flexibility index (Phi) is 4.71. The fourth-order valence-electron chi connectivity index (χ4n) is 1.86. The topological polar surface area (TPSA) is 33.1 Å². The van der Waals surface area contributed by atoms with Crippen LogP contribution in [-0.2, 0) is 7.05 Å². The summed E-state index contributed by atoms with van der Waals surface area (Å²) in [7, 11) is 6.28. The number of hydrogen-bond acceptors (Lipinski definition) is 3. The molecule has 0 bridgehead atoms. The predicted molar refractivity (Wildman–Crippen MR) is 72.0 cm³/mol. The highest BCUT2D eigenvalue weighted by Crippen LogP contribution is 2.28. The van der Waals surface area contributed by atoms with Gasteiger partial charge in [-0.15, -0.1) is 0 Å². The number of likely N-dealkylation sites (N-methyl/N-ethyl adjacent to an activating group) is 1. The largest absolute Gasteiger partial charge is 0.337 e. The molecule has 0 aliphatic rings. The van der Waals surface area contributed by atoms with E-state index in [4.69, 9.17) is 0 Å². The molecular formula is C13H26N4. The van der Waals surface area contributed by atoms with Gasteiger partial charge in [-0.1, -0.05) is 6.92 Å². The van der Waals surface area contributed by atoms with Crippen LogP contribution in [0.3, 0.4) is 0 Å². The second-order valence-corrected chi connectivity index (χ2v) is 5.33. The van der Waals surface area contributed by atoms with E-state index in [-0.39, 0.29) is 11.6 Å². The first-order valence-corrected chi connectivity index (χ1v) is 6.29. The number of aromatic nitrogens is 2. The average Bonchev–Trinajstić information content (AvgIpc) is 2.65. The summed E-state index contributed by atoms with van der Waals surface area (Å²) in [6.07, 6.45) is 4.99. The van der Waals surface area contributed by atoms with Crippen LogP contribution in [0.2, 0.25) is 0 Å². The van der Waals surface area contributed by atoms with Crippen LogP contribution in [0, 0.1) is 0 Å². The molecule has 1 unspecified atom stereocenters. The lowest BCUT2D eigenvalue weighted by Crippen LogP contribution is -2.50. The Morgan fingerprint density at radius 3 is 2.53 bits per heavy atom. The molecule has 4 nitrogen and oxygen atoms in total. The fraction of sp³-hybridized carbons (Fsp3) is 0.769.